The fourth-order valence-electron chi connectivity index (χ4n) is 1.59. The van der Waals surface area contributed by atoms with Gasteiger partial charge in [0.15, 0.2) is 5.09 Å². The summed E-state index contributed by atoms with van der Waals surface area (Å²) < 4.78 is 8.16. The van der Waals surface area contributed by atoms with Gasteiger partial charge >= 0.3 is 0 Å². The van der Waals surface area contributed by atoms with Crippen molar-refractivity contribution in [1.29, 1.82) is 0 Å². The maximum Gasteiger partial charge on any atom is 0.180 e. The molecule has 0 amide bonds. The molecule has 21 heavy (non-hydrogen) atoms. The van der Waals surface area contributed by atoms with Gasteiger partial charge in [-0.05, 0) is 35.0 Å². The summed E-state index contributed by atoms with van der Waals surface area (Å²) in [5.74, 6) is 0.658. The van der Waals surface area contributed by atoms with Gasteiger partial charge in [-0.1, -0.05) is 29.5 Å². The SMILES string of the molecule is Cc1ccc(Sc2oc(/C=N/n3cnnc3)cc2Br)cc1. The Kier molecular flexibility index (Phi) is 4.21. The molecule has 3 aromatic rings. The number of hydrogen-bond acceptors (Lipinski definition) is 5. The van der Waals surface area contributed by atoms with Gasteiger partial charge in [0.1, 0.15) is 18.4 Å². The molecule has 0 aliphatic rings. The Hall–Kier alpha value is -1.86. The minimum Gasteiger partial charge on any atom is -0.447 e. The quantitative estimate of drug-likeness (QED) is 0.658. The third-order valence-corrected chi connectivity index (χ3v) is 4.48. The number of rotatable bonds is 4. The van der Waals surface area contributed by atoms with E-state index in [1.807, 2.05) is 6.07 Å². The molecule has 0 radical (unpaired) electrons. The number of hydrogen-bond donors (Lipinski definition) is 0. The first kappa shape index (κ1) is 14.1. The van der Waals surface area contributed by atoms with Crippen LogP contribution >= 0.6 is 27.7 Å². The lowest BCUT2D eigenvalue weighted by molar-refractivity contribution is 0.465. The standard InChI is InChI=1S/C14H11BrN4OS/c1-10-2-4-12(5-3-10)21-14-13(15)6-11(20-14)7-18-19-8-16-17-9-19/h2-9H,1H3/b18-7+. The lowest BCUT2D eigenvalue weighted by Crippen LogP contribution is -1.84. The summed E-state index contributed by atoms with van der Waals surface area (Å²) in [6, 6.07) is 10.2. The number of aryl methyl sites for hydroxylation is 1. The van der Waals surface area contributed by atoms with E-state index in [1.165, 1.54) is 22.9 Å². The molecule has 0 aliphatic carbocycles. The average Bonchev–Trinajstić information content (AvgIpc) is 3.10. The molecule has 106 valence electrons. The van der Waals surface area contributed by atoms with Crippen LogP contribution in [-0.4, -0.2) is 21.1 Å². The zero-order chi connectivity index (χ0) is 14.7. The fourth-order valence-corrected chi connectivity index (χ4v) is 2.92. The molecular weight excluding hydrogens is 352 g/mol. The first-order valence-corrected chi connectivity index (χ1v) is 7.74. The van der Waals surface area contributed by atoms with Crippen LogP contribution in [0.3, 0.4) is 0 Å². The maximum absolute atomic E-state index is 5.76. The van der Waals surface area contributed by atoms with Crippen LogP contribution in [0.5, 0.6) is 0 Å². The van der Waals surface area contributed by atoms with Crippen molar-refractivity contribution < 1.29 is 4.42 Å². The van der Waals surface area contributed by atoms with Crippen molar-refractivity contribution in [2.45, 2.75) is 16.9 Å². The summed E-state index contributed by atoms with van der Waals surface area (Å²) in [7, 11) is 0. The molecule has 1 aromatic carbocycles. The van der Waals surface area contributed by atoms with Crippen molar-refractivity contribution in [3.05, 3.63) is 58.8 Å². The van der Waals surface area contributed by atoms with Crippen molar-refractivity contribution in [3.63, 3.8) is 0 Å². The van der Waals surface area contributed by atoms with Gasteiger partial charge in [-0.3, -0.25) is 0 Å². The summed E-state index contributed by atoms with van der Waals surface area (Å²) in [4.78, 5) is 1.12. The van der Waals surface area contributed by atoms with Gasteiger partial charge in [0.2, 0.25) is 0 Å². The predicted molar refractivity (Wildman–Crippen MR) is 84.7 cm³/mol. The second-order valence-corrected chi connectivity index (χ2v) is 6.19. The smallest absolute Gasteiger partial charge is 0.180 e. The van der Waals surface area contributed by atoms with Gasteiger partial charge in [-0.25, -0.2) is 4.68 Å². The molecule has 0 fully saturated rings. The molecule has 0 unspecified atom stereocenters. The van der Waals surface area contributed by atoms with Gasteiger partial charge in [0.05, 0.1) is 10.7 Å². The topological polar surface area (TPSA) is 56.2 Å². The molecule has 3 rings (SSSR count). The number of aromatic nitrogens is 3. The predicted octanol–water partition coefficient (Wildman–Crippen LogP) is 3.98. The third kappa shape index (κ3) is 3.62. The molecule has 0 N–H and O–H groups in total. The first-order valence-electron chi connectivity index (χ1n) is 6.13. The highest BCUT2D eigenvalue weighted by Crippen LogP contribution is 2.35. The van der Waals surface area contributed by atoms with Crippen LogP contribution in [0.2, 0.25) is 0 Å². The van der Waals surface area contributed by atoms with Crippen LogP contribution in [0.1, 0.15) is 11.3 Å². The summed E-state index contributed by atoms with van der Waals surface area (Å²) in [5, 5.41) is 12.3. The van der Waals surface area contributed by atoms with Crippen LogP contribution in [0, 0.1) is 6.92 Å². The summed E-state index contributed by atoms with van der Waals surface area (Å²) >= 11 is 5.06. The Bertz CT molecular complexity index is 750. The van der Waals surface area contributed by atoms with Crippen molar-refractivity contribution in [2.75, 3.05) is 0 Å². The highest BCUT2D eigenvalue weighted by Gasteiger charge is 2.09. The molecule has 0 spiro atoms. The van der Waals surface area contributed by atoms with E-state index in [0.29, 0.717) is 5.76 Å². The van der Waals surface area contributed by atoms with Crippen molar-refractivity contribution >= 4 is 33.9 Å². The van der Waals surface area contributed by atoms with Crippen LogP contribution in [-0.2, 0) is 0 Å². The fraction of sp³-hybridized carbons (Fsp3) is 0.0714. The van der Waals surface area contributed by atoms with Crippen molar-refractivity contribution in [3.8, 4) is 0 Å². The van der Waals surface area contributed by atoms with E-state index in [-0.39, 0.29) is 0 Å². The van der Waals surface area contributed by atoms with Gasteiger partial charge in [0.25, 0.3) is 0 Å². The highest BCUT2D eigenvalue weighted by atomic mass is 79.9. The van der Waals surface area contributed by atoms with E-state index in [9.17, 15) is 0 Å². The molecule has 0 aliphatic heterocycles. The van der Waals surface area contributed by atoms with Crippen LogP contribution in [0.15, 0.2) is 67.0 Å². The summed E-state index contributed by atoms with van der Waals surface area (Å²) in [6.07, 6.45) is 4.64. The Morgan fingerprint density at radius 1 is 1.24 bits per heavy atom. The summed E-state index contributed by atoms with van der Waals surface area (Å²) in [5.41, 5.74) is 1.24. The molecule has 0 saturated heterocycles. The molecule has 2 aromatic heterocycles. The van der Waals surface area contributed by atoms with E-state index in [1.54, 1.807) is 18.0 Å². The van der Waals surface area contributed by atoms with Gasteiger partial charge in [-0.2, -0.15) is 5.10 Å². The normalized spacial score (nSPS) is 11.3. The third-order valence-electron chi connectivity index (χ3n) is 2.63. The molecule has 0 saturated carbocycles. The number of furan rings is 1. The van der Waals surface area contributed by atoms with Crippen molar-refractivity contribution in [1.82, 2.24) is 14.9 Å². The molecule has 2 heterocycles. The molecule has 7 heteroatoms. The average molecular weight is 363 g/mol. The van der Waals surface area contributed by atoms with E-state index in [4.69, 9.17) is 4.42 Å². The Morgan fingerprint density at radius 2 is 1.95 bits per heavy atom. The number of halogens is 1. The Balaban J connectivity index is 1.76. The summed E-state index contributed by atoms with van der Waals surface area (Å²) in [6.45, 7) is 2.07. The zero-order valence-electron chi connectivity index (χ0n) is 11.1. The van der Waals surface area contributed by atoms with Crippen molar-refractivity contribution in [2.24, 2.45) is 5.10 Å². The number of benzene rings is 1. The van der Waals surface area contributed by atoms with Crippen LogP contribution < -0.4 is 0 Å². The second-order valence-electron chi connectivity index (χ2n) is 4.29. The van der Waals surface area contributed by atoms with Gasteiger partial charge < -0.3 is 4.42 Å². The number of nitrogens with zero attached hydrogens (tertiary/aromatic N) is 4. The molecular formula is C14H11BrN4OS. The maximum atomic E-state index is 5.76. The van der Waals surface area contributed by atoms with E-state index < -0.39 is 0 Å². The largest absolute Gasteiger partial charge is 0.447 e. The second kappa shape index (κ2) is 6.28. The monoisotopic (exact) mass is 362 g/mol. The van der Waals surface area contributed by atoms with Crippen LogP contribution in [0.4, 0.5) is 0 Å². The minimum atomic E-state index is 0.658. The zero-order valence-corrected chi connectivity index (χ0v) is 13.5. The first-order chi connectivity index (χ1) is 10.2. The molecule has 0 bridgehead atoms. The van der Waals surface area contributed by atoms with E-state index >= 15 is 0 Å². The lowest BCUT2D eigenvalue weighted by Gasteiger charge is -1.99. The molecule has 0 atom stereocenters. The van der Waals surface area contributed by atoms with Gasteiger partial charge in [-0.15, -0.1) is 10.2 Å². The van der Waals surface area contributed by atoms with Crippen LogP contribution in [0.25, 0.3) is 0 Å². The van der Waals surface area contributed by atoms with E-state index in [2.05, 4.69) is 62.4 Å². The van der Waals surface area contributed by atoms with E-state index in [0.717, 1.165) is 14.5 Å². The van der Waals surface area contributed by atoms with Gasteiger partial charge in [0, 0.05) is 11.0 Å². The highest BCUT2D eigenvalue weighted by molar-refractivity contribution is 9.10. The Labute approximate surface area is 134 Å². The minimum absolute atomic E-state index is 0.658. The lowest BCUT2D eigenvalue weighted by atomic mass is 10.2. The molecule has 5 nitrogen and oxygen atoms in total. The Morgan fingerprint density at radius 3 is 2.67 bits per heavy atom.